The van der Waals surface area contributed by atoms with Crippen molar-refractivity contribution in [1.82, 2.24) is 9.78 Å². The first kappa shape index (κ1) is 10.4. The van der Waals surface area contributed by atoms with Gasteiger partial charge in [0, 0.05) is 19.2 Å². The van der Waals surface area contributed by atoms with Gasteiger partial charge in [-0.05, 0) is 12.8 Å². The molecule has 0 radical (unpaired) electrons. The summed E-state index contributed by atoms with van der Waals surface area (Å²) >= 11 is 0. The Kier molecular flexibility index (Phi) is 3.20. The fourth-order valence-electron chi connectivity index (χ4n) is 2.04. The molecule has 1 aromatic rings. The van der Waals surface area contributed by atoms with Crippen LogP contribution < -0.4 is 5.73 Å². The lowest BCUT2D eigenvalue weighted by molar-refractivity contribution is 0.658. The summed E-state index contributed by atoms with van der Waals surface area (Å²) in [6.07, 6.45) is 7.09. The van der Waals surface area contributed by atoms with Crippen LogP contribution in [0.5, 0.6) is 0 Å². The second-order valence-corrected chi connectivity index (χ2v) is 3.62. The predicted octanol–water partition coefficient (Wildman–Crippen LogP) is 2.08. The number of nitrogens with zero attached hydrogens (tertiary/aromatic N) is 2. The molecule has 0 aliphatic heterocycles. The summed E-state index contributed by atoms with van der Waals surface area (Å²) in [5.41, 5.74) is 7.82. The highest BCUT2D eigenvalue weighted by Gasteiger charge is 2.21. The Morgan fingerprint density at radius 3 is 2.54 bits per heavy atom. The van der Waals surface area contributed by atoms with Crippen LogP contribution in [-0.2, 0) is 7.05 Å². The minimum absolute atomic E-state index is 0. The predicted molar refractivity (Wildman–Crippen MR) is 56.1 cm³/mol. The van der Waals surface area contributed by atoms with Gasteiger partial charge in [-0.2, -0.15) is 5.10 Å². The van der Waals surface area contributed by atoms with Crippen molar-refractivity contribution in [3.63, 3.8) is 0 Å². The van der Waals surface area contributed by atoms with Crippen molar-refractivity contribution in [2.24, 2.45) is 7.05 Å². The molecule has 0 aromatic carbocycles. The zero-order valence-electron chi connectivity index (χ0n) is 7.86. The molecule has 1 fully saturated rings. The normalized spacial score (nSPS) is 17.3. The molecule has 2 rings (SSSR count). The molecule has 13 heavy (non-hydrogen) atoms. The van der Waals surface area contributed by atoms with Crippen molar-refractivity contribution in [1.29, 1.82) is 0 Å². The van der Waals surface area contributed by atoms with E-state index in [9.17, 15) is 0 Å². The Balaban J connectivity index is 0.000000845. The quantitative estimate of drug-likeness (QED) is 0.756. The molecule has 4 heteroatoms. The van der Waals surface area contributed by atoms with Gasteiger partial charge in [-0.3, -0.25) is 4.68 Å². The zero-order chi connectivity index (χ0) is 8.55. The molecular formula is C9H16ClN3. The molecule has 0 spiro atoms. The zero-order valence-corrected chi connectivity index (χ0v) is 8.68. The SMILES string of the molecule is Cl.Cn1cc(N)c(C2CCCC2)n1. The monoisotopic (exact) mass is 201 g/mol. The summed E-state index contributed by atoms with van der Waals surface area (Å²) in [5.74, 6) is 0.631. The number of rotatable bonds is 1. The average molecular weight is 202 g/mol. The molecule has 1 saturated carbocycles. The average Bonchev–Trinajstić information content (AvgIpc) is 2.58. The van der Waals surface area contributed by atoms with Crippen LogP contribution in [0.1, 0.15) is 37.3 Å². The second-order valence-electron chi connectivity index (χ2n) is 3.62. The summed E-state index contributed by atoms with van der Waals surface area (Å²) in [6, 6.07) is 0. The molecule has 1 aliphatic carbocycles. The van der Waals surface area contributed by atoms with Gasteiger partial charge in [0.1, 0.15) is 0 Å². The molecule has 0 amide bonds. The molecular weight excluding hydrogens is 186 g/mol. The van der Waals surface area contributed by atoms with E-state index in [-0.39, 0.29) is 12.4 Å². The first-order valence-corrected chi connectivity index (χ1v) is 4.56. The van der Waals surface area contributed by atoms with Crippen molar-refractivity contribution in [3.05, 3.63) is 11.9 Å². The van der Waals surface area contributed by atoms with Gasteiger partial charge in [0.15, 0.2) is 0 Å². The van der Waals surface area contributed by atoms with Gasteiger partial charge in [-0.25, -0.2) is 0 Å². The third kappa shape index (κ3) is 1.97. The van der Waals surface area contributed by atoms with Crippen LogP contribution in [0.4, 0.5) is 5.69 Å². The molecule has 1 heterocycles. The molecule has 0 saturated heterocycles. The number of halogens is 1. The lowest BCUT2D eigenvalue weighted by atomic mass is 10.0. The summed E-state index contributed by atoms with van der Waals surface area (Å²) in [5, 5.41) is 4.38. The highest BCUT2D eigenvalue weighted by molar-refractivity contribution is 5.85. The number of hydrogen-bond donors (Lipinski definition) is 1. The van der Waals surface area contributed by atoms with Crippen LogP contribution in [0, 0.1) is 0 Å². The fraction of sp³-hybridized carbons (Fsp3) is 0.667. The Morgan fingerprint density at radius 2 is 2.08 bits per heavy atom. The van der Waals surface area contributed by atoms with Gasteiger partial charge in [0.2, 0.25) is 0 Å². The van der Waals surface area contributed by atoms with E-state index in [0.717, 1.165) is 11.4 Å². The van der Waals surface area contributed by atoms with Crippen LogP contribution >= 0.6 is 12.4 Å². The topological polar surface area (TPSA) is 43.8 Å². The lowest BCUT2D eigenvalue weighted by Gasteiger charge is -2.04. The third-order valence-corrected chi connectivity index (χ3v) is 2.63. The summed E-state index contributed by atoms with van der Waals surface area (Å²) in [6.45, 7) is 0. The number of nitrogens with two attached hydrogens (primary N) is 1. The van der Waals surface area contributed by atoms with Gasteiger partial charge < -0.3 is 5.73 Å². The molecule has 1 aromatic heterocycles. The first-order valence-electron chi connectivity index (χ1n) is 4.56. The second kappa shape index (κ2) is 4.01. The van der Waals surface area contributed by atoms with Crippen LogP contribution in [0.25, 0.3) is 0 Å². The smallest absolute Gasteiger partial charge is 0.0884 e. The van der Waals surface area contributed by atoms with Gasteiger partial charge >= 0.3 is 0 Å². The van der Waals surface area contributed by atoms with Gasteiger partial charge in [-0.1, -0.05) is 12.8 Å². The fourth-order valence-corrected chi connectivity index (χ4v) is 2.04. The van der Waals surface area contributed by atoms with Crippen molar-refractivity contribution >= 4 is 18.1 Å². The van der Waals surface area contributed by atoms with Gasteiger partial charge in [-0.15, -0.1) is 12.4 Å². The maximum absolute atomic E-state index is 5.84. The first-order chi connectivity index (χ1) is 5.77. The molecule has 3 nitrogen and oxygen atoms in total. The van der Waals surface area contributed by atoms with E-state index >= 15 is 0 Å². The summed E-state index contributed by atoms with van der Waals surface area (Å²) in [7, 11) is 1.93. The maximum Gasteiger partial charge on any atom is 0.0884 e. The molecule has 0 bridgehead atoms. The summed E-state index contributed by atoms with van der Waals surface area (Å²) < 4.78 is 1.81. The number of aryl methyl sites for hydroxylation is 1. The van der Waals surface area contributed by atoms with E-state index in [1.54, 1.807) is 0 Å². The van der Waals surface area contributed by atoms with Crippen molar-refractivity contribution in [3.8, 4) is 0 Å². The van der Waals surface area contributed by atoms with E-state index in [1.807, 2.05) is 17.9 Å². The molecule has 0 atom stereocenters. The number of anilines is 1. The largest absolute Gasteiger partial charge is 0.396 e. The van der Waals surface area contributed by atoms with Crippen molar-refractivity contribution in [2.45, 2.75) is 31.6 Å². The van der Waals surface area contributed by atoms with E-state index in [4.69, 9.17) is 5.73 Å². The highest BCUT2D eigenvalue weighted by Crippen LogP contribution is 2.35. The Bertz CT molecular complexity index is 276. The van der Waals surface area contributed by atoms with Crippen LogP contribution in [0.3, 0.4) is 0 Å². The Hall–Kier alpha value is -0.700. The van der Waals surface area contributed by atoms with Crippen LogP contribution in [0.15, 0.2) is 6.20 Å². The molecule has 0 unspecified atom stereocenters. The summed E-state index contributed by atoms with van der Waals surface area (Å²) in [4.78, 5) is 0. The van der Waals surface area contributed by atoms with Crippen molar-refractivity contribution in [2.75, 3.05) is 5.73 Å². The van der Waals surface area contributed by atoms with E-state index < -0.39 is 0 Å². The standard InChI is InChI=1S/C9H15N3.ClH/c1-12-6-8(10)9(11-12)7-4-2-3-5-7;/h6-7H,2-5,10H2,1H3;1H. The highest BCUT2D eigenvalue weighted by atomic mass is 35.5. The number of nitrogen functional groups attached to an aromatic ring is 1. The molecule has 74 valence electrons. The van der Waals surface area contributed by atoms with E-state index in [2.05, 4.69) is 5.10 Å². The minimum atomic E-state index is 0. The van der Waals surface area contributed by atoms with E-state index in [1.165, 1.54) is 25.7 Å². The maximum atomic E-state index is 5.84. The van der Waals surface area contributed by atoms with E-state index in [0.29, 0.717) is 5.92 Å². The lowest BCUT2D eigenvalue weighted by Crippen LogP contribution is -1.98. The van der Waals surface area contributed by atoms with Crippen LogP contribution in [-0.4, -0.2) is 9.78 Å². The number of hydrogen-bond acceptors (Lipinski definition) is 2. The van der Waals surface area contributed by atoms with Crippen molar-refractivity contribution < 1.29 is 0 Å². The minimum Gasteiger partial charge on any atom is -0.396 e. The molecule has 2 N–H and O–H groups in total. The van der Waals surface area contributed by atoms with Gasteiger partial charge in [0.25, 0.3) is 0 Å². The van der Waals surface area contributed by atoms with Crippen LogP contribution in [0.2, 0.25) is 0 Å². The Labute approximate surface area is 84.7 Å². The Morgan fingerprint density at radius 1 is 1.46 bits per heavy atom. The molecule has 1 aliphatic rings. The number of aromatic nitrogens is 2. The third-order valence-electron chi connectivity index (χ3n) is 2.63. The van der Waals surface area contributed by atoms with Gasteiger partial charge in [0.05, 0.1) is 11.4 Å².